The van der Waals surface area contributed by atoms with E-state index in [9.17, 15) is 0 Å². The third kappa shape index (κ3) is 3.34. The van der Waals surface area contributed by atoms with E-state index in [1.54, 1.807) is 0 Å². The minimum Gasteiger partial charge on any atom is -0.309 e. The van der Waals surface area contributed by atoms with Crippen molar-refractivity contribution in [1.29, 1.82) is 0 Å². The van der Waals surface area contributed by atoms with Crippen molar-refractivity contribution < 1.29 is 0 Å². The van der Waals surface area contributed by atoms with Gasteiger partial charge in [-0.3, -0.25) is 0 Å². The van der Waals surface area contributed by atoms with E-state index in [0.717, 1.165) is 0 Å². The zero-order valence-corrected chi connectivity index (χ0v) is 23.9. The van der Waals surface area contributed by atoms with E-state index in [0.29, 0.717) is 0 Å². The third-order valence-electron chi connectivity index (χ3n) is 9.43. The predicted molar refractivity (Wildman–Crippen MR) is 194 cm³/mol. The first-order chi connectivity index (χ1) is 21.9. The highest BCUT2D eigenvalue weighted by molar-refractivity contribution is 6.44. The molecular weight excluding hydrogens is 544 g/mol. The number of hydrogen-bond donors (Lipinski definition) is 0. The van der Waals surface area contributed by atoms with Gasteiger partial charge in [0.05, 0.1) is 22.1 Å². The van der Waals surface area contributed by atoms with Gasteiger partial charge in [-0.2, -0.15) is 0 Å². The number of para-hydroxylation sites is 4. The highest BCUT2D eigenvalue weighted by atomic mass is 15.0. The lowest BCUT2D eigenvalue weighted by molar-refractivity contribution is 1.18. The molecule has 0 atom stereocenters. The van der Waals surface area contributed by atoms with E-state index >= 15 is 0 Å². The SMILES string of the molecule is C.c1ccc(-n2c3ccccc3c3c4ccccc4c4c(c5ccccc5c5c6ccccc6n(-c6ccccc6)c54)c32)cc1. The van der Waals surface area contributed by atoms with Gasteiger partial charge in [0, 0.05) is 43.7 Å². The van der Waals surface area contributed by atoms with E-state index in [1.807, 2.05) is 0 Å². The van der Waals surface area contributed by atoms with Gasteiger partial charge in [0.2, 0.25) is 0 Å². The largest absolute Gasteiger partial charge is 0.309 e. The van der Waals surface area contributed by atoms with E-state index in [1.165, 1.54) is 87.3 Å². The second-order valence-corrected chi connectivity index (χ2v) is 11.7. The van der Waals surface area contributed by atoms with Crippen molar-refractivity contribution in [2.75, 3.05) is 0 Å². The van der Waals surface area contributed by atoms with Gasteiger partial charge in [-0.1, -0.05) is 129 Å². The highest BCUT2D eigenvalue weighted by Gasteiger charge is 2.25. The molecule has 8 aromatic carbocycles. The van der Waals surface area contributed by atoms with Crippen LogP contribution in [-0.2, 0) is 0 Å². The molecule has 2 nitrogen and oxygen atoms in total. The summed E-state index contributed by atoms with van der Waals surface area (Å²) in [5, 5.41) is 12.9. The number of fused-ring (bicyclic) bond motifs is 15. The minimum absolute atomic E-state index is 0. The molecule has 2 heteroatoms. The molecule has 0 spiro atoms. The first kappa shape index (κ1) is 25.6. The Morgan fingerprint density at radius 3 is 0.933 bits per heavy atom. The van der Waals surface area contributed by atoms with Crippen LogP contribution in [0.15, 0.2) is 158 Å². The normalized spacial score (nSPS) is 11.8. The quantitative estimate of drug-likeness (QED) is 0.182. The smallest absolute Gasteiger partial charge is 0.0633 e. The molecule has 0 aliphatic carbocycles. The molecule has 10 aromatic rings. The standard InChI is InChI=1S/C42H26N2.CH4/c1-3-15-27(16-4-1)43-35-25-13-11-23-33(35)37-29-19-7-10-22-32(29)40-39(41(37)43)31-21-9-8-20-30(31)38-34-24-12-14-26-36(34)44(42(38)40)28-17-5-2-6-18-28;/h1-26H;1H4. The second kappa shape index (κ2) is 9.57. The molecule has 0 saturated heterocycles. The van der Waals surface area contributed by atoms with Crippen LogP contribution >= 0.6 is 0 Å². The third-order valence-corrected chi connectivity index (χ3v) is 9.43. The maximum atomic E-state index is 2.49. The number of benzene rings is 8. The number of hydrogen-bond acceptors (Lipinski definition) is 0. The summed E-state index contributed by atoms with van der Waals surface area (Å²) in [7, 11) is 0. The Kier molecular flexibility index (Phi) is 5.45. The average Bonchev–Trinajstić information content (AvgIpc) is 3.63. The van der Waals surface area contributed by atoms with Crippen molar-refractivity contribution in [3.8, 4) is 11.4 Å². The molecule has 2 heterocycles. The van der Waals surface area contributed by atoms with Crippen LogP contribution in [-0.4, -0.2) is 9.13 Å². The van der Waals surface area contributed by atoms with Gasteiger partial charge in [-0.15, -0.1) is 0 Å². The molecule has 45 heavy (non-hydrogen) atoms. The first-order valence-electron chi connectivity index (χ1n) is 15.2. The maximum Gasteiger partial charge on any atom is 0.0633 e. The van der Waals surface area contributed by atoms with Gasteiger partial charge in [0.15, 0.2) is 0 Å². The monoisotopic (exact) mass is 574 g/mol. The lowest BCUT2D eigenvalue weighted by atomic mass is 9.90. The summed E-state index contributed by atoms with van der Waals surface area (Å²) in [5.74, 6) is 0. The lowest BCUT2D eigenvalue weighted by Crippen LogP contribution is -1.97. The van der Waals surface area contributed by atoms with E-state index < -0.39 is 0 Å². The fourth-order valence-electron chi connectivity index (χ4n) is 7.79. The molecule has 0 aliphatic heterocycles. The molecule has 0 N–H and O–H groups in total. The van der Waals surface area contributed by atoms with Crippen LogP contribution in [0.4, 0.5) is 0 Å². The molecule has 0 bridgehead atoms. The topological polar surface area (TPSA) is 9.86 Å². The molecule has 0 unspecified atom stereocenters. The predicted octanol–water partition coefficient (Wildman–Crippen LogP) is 12.0. The number of rotatable bonds is 2. The van der Waals surface area contributed by atoms with Crippen LogP contribution in [0.1, 0.15) is 7.43 Å². The second-order valence-electron chi connectivity index (χ2n) is 11.7. The Balaban J connectivity index is 0.00000281. The molecule has 0 amide bonds. The van der Waals surface area contributed by atoms with Gasteiger partial charge in [0.25, 0.3) is 0 Å². The van der Waals surface area contributed by atoms with Crippen molar-refractivity contribution in [3.63, 3.8) is 0 Å². The summed E-state index contributed by atoms with van der Waals surface area (Å²) in [6.07, 6.45) is 0. The fourth-order valence-corrected chi connectivity index (χ4v) is 7.79. The lowest BCUT2D eigenvalue weighted by Gasteiger charge is -2.17. The minimum atomic E-state index is 0. The summed E-state index contributed by atoms with van der Waals surface area (Å²) in [6, 6.07) is 57.5. The molecule has 0 saturated carbocycles. The van der Waals surface area contributed by atoms with E-state index in [2.05, 4.69) is 167 Å². The van der Waals surface area contributed by atoms with Gasteiger partial charge in [-0.25, -0.2) is 0 Å². The van der Waals surface area contributed by atoms with Crippen LogP contribution in [0.3, 0.4) is 0 Å². The van der Waals surface area contributed by atoms with Gasteiger partial charge >= 0.3 is 0 Å². The molecule has 2 aromatic heterocycles. The molecule has 0 aliphatic rings. The maximum absolute atomic E-state index is 2.49. The Labute approximate surface area is 261 Å². The number of aromatic nitrogens is 2. The molecular formula is C43H30N2. The Morgan fingerprint density at radius 1 is 0.267 bits per heavy atom. The van der Waals surface area contributed by atoms with Crippen LogP contribution < -0.4 is 0 Å². The molecule has 0 fully saturated rings. The molecule has 212 valence electrons. The van der Waals surface area contributed by atoms with Crippen LogP contribution in [0, 0.1) is 0 Å². The summed E-state index contributed by atoms with van der Waals surface area (Å²) in [4.78, 5) is 0. The average molecular weight is 575 g/mol. The molecule has 10 rings (SSSR count). The van der Waals surface area contributed by atoms with Crippen LogP contribution in [0.5, 0.6) is 0 Å². The summed E-state index contributed by atoms with van der Waals surface area (Å²) >= 11 is 0. The van der Waals surface area contributed by atoms with Crippen LogP contribution in [0.25, 0.3) is 87.3 Å². The van der Waals surface area contributed by atoms with Gasteiger partial charge < -0.3 is 9.13 Å². The van der Waals surface area contributed by atoms with E-state index in [-0.39, 0.29) is 7.43 Å². The zero-order valence-electron chi connectivity index (χ0n) is 23.9. The van der Waals surface area contributed by atoms with Gasteiger partial charge in [0.1, 0.15) is 0 Å². The van der Waals surface area contributed by atoms with Crippen LogP contribution in [0.2, 0.25) is 0 Å². The fraction of sp³-hybridized carbons (Fsp3) is 0.0233. The summed E-state index contributed by atoms with van der Waals surface area (Å²) in [6.45, 7) is 0. The highest BCUT2D eigenvalue weighted by Crippen LogP contribution is 2.49. The van der Waals surface area contributed by atoms with Crippen molar-refractivity contribution in [3.05, 3.63) is 158 Å². The van der Waals surface area contributed by atoms with Crippen molar-refractivity contribution in [2.45, 2.75) is 7.43 Å². The van der Waals surface area contributed by atoms with Crippen molar-refractivity contribution >= 4 is 75.9 Å². The Hall–Kier alpha value is -5.86. The first-order valence-corrected chi connectivity index (χ1v) is 15.2. The Morgan fingerprint density at radius 2 is 0.556 bits per heavy atom. The number of nitrogens with zero attached hydrogens (tertiary/aromatic N) is 2. The van der Waals surface area contributed by atoms with Crippen molar-refractivity contribution in [1.82, 2.24) is 9.13 Å². The van der Waals surface area contributed by atoms with Crippen molar-refractivity contribution in [2.24, 2.45) is 0 Å². The van der Waals surface area contributed by atoms with E-state index in [4.69, 9.17) is 0 Å². The summed E-state index contributed by atoms with van der Waals surface area (Å²) < 4.78 is 4.99. The Bertz CT molecular complexity index is 2550. The summed E-state index contributed by atoms with van der Waals surface area (Å²) in [5.41, 5.74) is 7.30. The zero-order chi connectivity index (χ0) is 28.8. The van der Waals surface area contributed by atoms with Gasteiger partial charge in [-0.05, 0) is 57.9 Å². The molecule has 0 radical (unpaired) electrons.